The van der Waals surface area contributed by atoms with Crippen LogP contribution in [0.1, 0.15) is 26.7 Å². The van der Waals surface area contributed by atoms with Crippen LogP contribution in [0.2, 0.25) is 0 Å². The second-order valence-corrected chi connectivity index (χ2v) is 4.77. The Hall–Kier alpha value is -1.29. The van der Waals surface area contributed by atoms with E-state index >= 15 is 0 Å². The smallest absolute Gasteiger partial charge is 0.127 e. The van der Waals surface area contributed by atoms with Gasteiger partial charge in [-0.2, -0.15) is 0 Å². The van der Waals surface area contributed by atoms with E-state index in [1.165, 1.54) is 19.4 Å². The Balaban J connectivity index is 1.87. The molecule has 1 aliphatic heterocycles. The molecule has 1 saturated heterocycles. The SMILES string of the molecule is CCNc1cc(NCC2CCCN2CC)ccn1. The zero-order chi connectivity index (χ0) is 12.8. The predicted octanol–water partition coefficient (Wildman–Crippen LogP) is 2.41. The van der Waals surface area contributed by atoms with Crippen molar-refractivity contribution in [1.82, 2.24) is 9.88 Å². The van der Waals surface area contributed by atoms with Crippen LogP contribution in [0.3, 0.4) is 0 Å². The first-order valence-electron chi connectivity index (χ1n) is 7.01. The fraction of sp³-hybridized carbons (Fsp3) is 0.643. The van der Waals surface area contributed by atoms with Crippen LogP contribution in [0.15, 0.2) is 18.3 Å². The molecule has 0 radical (unpaired) electrons. The maximum absolute atomic E-state index is 4.28. The summed E-state index contributed by atoms with van der Waals surface area (Å²) in [6.07, 6.45) is 4.50. The largest absolute Gasteiger partial charge is 0.383 e. The first-order chi connectivity index (χ1) is 8.83. The lowest BCUT2D eigenvalue weighted by Gasteiger charge is -2.23. The number of rotatable bonds is 6. The van der Waals surface area contributed by atoms with Gasteiger partial charge in [0.15, 0.2) is 0 Å². The van der Waals surface area contributed by atoms with Gasteiger partial charge in [0, 0.05) is 37.1 Å². The average Bonchev–Trinajstić information content (AvgIpc) is 2.84. The first-order valence-corrected chi connectivity index (χ1v) is 7.01. The Kier molecular flexibility index (Phi) is 4.81. The fourth-order valence-corrected chi connectivity index (χ4v) is 2.60. The first kappa shape index (κ1) is 13.1. The zero-order valence-electron chi connectivity index (χ0n) is 11.4. The molecule has 2 rings (SSSR count). The van der Waals surface area contributed by atoms with Crippen LogP contribution in [0.4, 0.5) is 11.5 Å². The summed E-state index contributed by atoms with van der Waals surface area (Å²) in [5.74, 6) is 0.946. The quantitative estimate of drug-likeness (QED) is 0.811. The van der Waals surface area contributed by atoms with Gasteiger partial charge in [-0.25, -0.2) is 4.98 Å². The summed E-state index contributed by atoms with van der Waals surface area (Å²) >= 11 is 0. The summed E-state index contributed by atoms with van der Waals surface area (Å²) in [6.45, 7) is 8.67. The molecule has 1 atom stereocenters. The molecule has 4 heteroatoms. The van der Waals surface area contributed by atoms with Gasteiger partial charge in [0.2, 0.25) is 0 Å². The molecule has 0 amide bonds. The van der Waals surface area contributed by atoms with Crippen molar-refractivity contribution < 1.29 is 0 Å². The highest BCUT2D eigenvalue weighted by molar-refractivity contribution is 5.51. The number of nitrogens with one attached hydrogen (secondary N) is 2. The number of aromatic nitrogens is 1. The van der Waals surface area contributed by atoms with Gasteiger partial charge in [0.05, 0.1) is 0 Å². The number of nitrogens with zero attached hydrogens (tertiary/aromatic N) is 2. The molecule has 100 valence electrons. The van der Waals surface area contributed by atoms with Crippen molar-refractivity contribution in [3.63, 3.8) is 0 Å². The average molecular weight is 248 g/mol. The van der Waals surface area contributed by atoms with Gasteiger partial charge in [0.1, 0.15) is 5.82 Å². The number of pyridine rings is 1. The lowest BCUT2D eigenvalue weighted by molar-refractivity contribution is 0.277. The van der Waals surface area contributed by atoms with Crippen LogP contribution in [-0.4, -0.2) is 42.1 Å². The van der Waals surface area contributed by atoms with E-state index in [1.807, 2.05) is 12.3 Å². The minimum Gasteiger partial charge on any atom is -0.383 e. The lowest BCUT2D eigenvalue weighted by Crippen LogP contribution is -2.34. The number of hydrogen-bond donors (Lipinski definition) is 2. The molecule has 0 bridgehead atoms. The molecule has 4 nitrogen and oxygen atoms in total. The normalized spacial score (nSPS) is 20.0. The van der Waals surface area contributed by atoms with E-state index in [2.05, 4.69) is 40.4 Å². The van der Waals surface area contributed by atoms with Crippen molar-refractivity contribution in [1.29, 1.82) is 0 Å². The van der Waals surface area contributed by atoms with Crippen molar-refractivity contribution in [2.45, 2.75) is 32.7 Å². The minimum absolute atomic E-state index is 0.686. The Labute approximate surface area is 110 Å². The third-order valence-electron chi connectivity index (χ3n) is 3.56. The van der Waals surface area contributed by atoms with Crippen LogP contribution in [0.25, 0.3) is 0 Å². The molecular formula is C14H24N4. The zero-order valence-corrected chi connectivity index (χ0v) is 11.4. The standard InChI is InChI=1S/C14H24N4/c1-3-15-14-10-12(7-8-16-14)17-11-13-6-5-9-18(13)4-2/h7-8,10,13H,3-6,9,11H2,1-2H3,(H2,15,16,17). The van der Waals surface area contributed by atoms with E-state index in [1.54, 1.807) is 0 Å². The Morgan fingerprint density at radius 2 is 2.28 bits per heavy atom. The van der Waals surface area contributed by atoms with Gasteiger partial charge < -0.3 is 10.6 Å². The predicted molar refractivity (Wildman–Crippen MR) is 77.2 cm³/mol. The minimum atomic E-state index is 0.686. The van der Waals surface area contributed by atoms with Gasteiger partial charge >= 0.3 is 0 Å². The topological polar surface area (TPSA) is 40.2 Å². The second kappa shape index (κ2) is 6.59. The lowest BCUT2D eigenvalue weighted by atomic mass is 10.2. The van der Waals surface area contributed by atoms with E-state index in [4.69, 9.17) is 0 Å². The van der Waals surface area contributed by atoms with Gasteiger partial charge in [-0.1, -0.05) is 6.92 Å². The van der Waals surface area contributed by atoms with Gasteiger partial charge in [-0.3, -0.25) is 4.90 Å². The maximum atomic E-state index is 4.28. The Bertz CT molecular complexity index is 367. The van der Waals surface area contributed by atoms with Crippen molar-refractivity contribution in [2.75, 3.05) is 36.8 Å². The van der Waals surface area contributed by atoms with E-state index < -0.39 is 0 Å². The van der Waals surface area contributed by atoms with E-state index in [9.17, 15) is 0 Å². The molecular weight excluding hydrogens is 224 g/mol. The molecule has 0 saturated carbocycles. The molecule has 0 aromatic carbocycles. The monoisotopic (exact) mass is 248 g/mol. The van der Waals surface area contributed by atoms with Gasteiger partial charge in [0.25, 0.3) is 0 Å². The van der Waals surface area contributed by atoms with Gasteiger partial charge in [-0.05, 0) is 38.9 Å². The van der Waals surface area contributed by atoms with Crippen molar-refractivity contribution >= 4 is 11.5 Å². The van der Waals surface area contributed by atoms with Gasteiger partial charge in [-0.15, -0.1) is 0 Å². The number of likely N-dealkylation sites (tertiary alicyclic amines) is 1. The summed E-state index contributed by atoms with van der Waals surface area (Å²) in [4.78, 5) is 6.83. The molecule has 2 heterocycles. The highest BCUT2D eigenvalue weighted by atomic mass is 15.2. The molecule has 1 aromatic heterocycles. The molecule has 0 aliphatic carbocycles. The molecule has 1 aromatic rings. The van der Waals surface area contributed by atoms with Crippen LogP contribution in [-0.2, 0) is 0 Å². The molecule has 18 heavy (non-hydrogen) atoms. The number of likely N-dealkylation sites (N-methyl/N-ethyl adjacent to an activating group) is 1. The third-order valence-corrected chi connectivity index (χ3v) is 3.56. The summed E-state index contributed by atoms with van der Waals surface area (Å²) in [7, 11) is 0. The number of anilines is 2. The van der Waals surface area contributed by atoms with Crippen molar-refractivity contribution in [3.8, 4) is 0 Å². The second-order valence-electron chi connectivity index (χ2n) is 4.77. The summed E-state index contributed by atoms with van der Waals surface area (Å²) in [6, 6.07) is 4.80. The van der Waals surface area contributed by atoms with E-state index in [0.717, 1.165) is 31.1 Å². The summed E-state index contributed by atoms with van der Waals surface area (Å²) in [5.41, 5.74) is 1.16. The molecule has 0 spiro atoms. The maximum Gasteiger partial charge on any atom is 0.127 e. The summed E-state index contributed by atoms with van der Waals surface area (Å²) in [5, 5.41) is 6.76. The van der Waals surface area contributed by atoms with E-state index in [0.29, 0.717) is 6.04 Å². The molecule has 1 fully saturated rings. The van der Waals surface area contributed by atoms with Crippen LogP contribution in [0, 0.1) is 0 Å². The molecule has 2 N–H and O–H groups in total. The fourth-order valence-electron chi connectivity index (χ4n) is 2.60. The molecule has 1 aliphatic rings. The van der Waals surface area contributed by atoms with Crippen LogP contribution >= 0.6 is 0 Å². The third kappa shape index (κ3) is 3.35. The Morgan fingerprint density at radius 3 is 3.06 bits per heavy atom. The Morgan fingerprint density at radius 1 is 1.39 bits per heavy atom. The summed E-state index contributed by atoms with van der Waals surface area (Å²) < 4.78 is 0. The van der Waals surface area contributed by atoms with Crippen LogP contribution in [0.5, 0.6) is 0 Å². The van der Waals surface area contributed by atoms with E-state index in [-0.39, 0.29) is 0 Å². The van der Waals surface area contributed by atoms with Crippen molar-refractivity contribution in [3.05, 3.63) is 18.3 Å². The highest BCUT2D eigenvalue weighted by Crippen LogP contribution is 2.18. The van der Waals surface area contributed by atoms with Crippen LogP contribution < -0.4 is 10.6 Å². The van der Waals surface area contributed by atoms with Crippen molar-refractivity contribution in [2.24, 2.45) is 0 Å². The molecule has 1 unspecified atom stereocenters. The highest BCUT2D eigenvalue weighted by Gasteiger charge is 2.22. The number of hydrogen-bond acceptors (Lipinski definition) is 4.